The maximum atomic E-state index is 13.0. The summed E-state index contributed by atoms with van der Waals surface area (Å²) in [5, 5.41) is 2.93. The molecule has 0 aromatic heterocycles. The number of hydrogen-bond donors (Lipinski definition) is 2. The van der Waals surface area contributed by atoms with Crippen LogP contribution in [-0.2, 0) is 16.6 Å². The number of rotatable bonds is 8. The second-order valence-electron chi connectivity index (χ2n) is 7.65. The third-order valence-electron chi connectivity index (χ3n) is 4.51. The fourth-order valence-electron chi connectivity index (χ4n) is 3.00. The second kappa shape index (κ2) is 10.2. The molecule has 2 N–H and O–H groups in total. The molecule has 0 aliphatic heterocycles. The fourth-order valence-corrected chi connectivity index (χ4v) is 4.48. The molecule has 32 heavy (non-hydrogen) atoms. The summed E-state index contributed by atoms with van der Waals surface area (Å²) in [6, 6.07) is 18.8. The smallest absolute Gasteiger partial charge is 0.257 e. The lowest BCUT2D eigenvalue weighted by atomic mass is 10.1. The molecule has 0 saturated carbocycles. The van der Waals surface area contributed by atoms with Gasteiger partial charge in [-0.15, -0.1) is 0 Å². The molecule has 0 saturated heterocycles. The van der Waals surface area contributed by atoms with Crippen LogP contribution in [0.25, 0.3) is 0 Å². The van der Waals surface area contributed by atoms with Gasteiger partial charge in [0.25, 0.3) is 5.91 Å². The molecular weight excluding hydrogens is 448 g/mol. The van der Waals surface area contributed by atoms with Crippen LogP contribution in [0, 0.1) is 6.92 Å². The summed E-state index contributed by atoms with van der Waals surface area (Å²) < 4.78 is 33.4. The van der Waals surface area contributed by atoms with Gasteiger partial charge >= 0.3 is 0 Å². The lowest BCUT2D eigenvalue weighted by Gasteiger charge is -2.15. The van der Waals surface area contributed by atoms with Crippen LogP contribution in [0.15, 0.2) is 71.6 Å². The average Bonchev–Trinajstić information content (AvgIpc) is 2.73. The highest BCUT2D eigenvalue weighted by molar-refractivity contribution is 7.89. The maximum Gasteiger partial charge on any atom is 0.257 e. The van der Waals surface area contributed by atoms with Gasteiger partial charge in [-0.05, 0) is 62.2 Å². The Morgan fingerprint density at radius 1 is 1.03 bits per heavy atom. The summed E-state index contributed by atoms with van der Waals surface area (Å²) in [5.41, 5.74) is 2.47. The Labute approximate surface area is 193 Å². The lowest BCUT2D eigenvalue weighted by molar-refractivity contribution is 0.102. The maximum absolute atomic E-state index is 13.0. The SMILES string of the molecule is Cc1ccc(NC(=O)c2cc(S(=O)(=O)NC(C)C)ccc2Cl)c(OCc2ccccc2)c1. The Bertz CT molecular complexity index is 1210. The van der Waals surface area contributed by atoms with Gasteiger partial charge in [0.15, 0.2) is 0 Å². The van der Waals surface area contributed by atoms with Crippen molar-refractivity contribution < 1.29 is 17.9 Å². The van der Waals surface area contributed by atoms with Crippen LogP contribution in [0.3, 0.4) is 0 Å². The number of halogens is 1. The Hall–Kier alpha value is -2.87. The van der Waals surface area contributed by atoms with Crippen LogP contribution in [0.5, 0.6) is 5.75 Å². The molecule has 0 bridgehead atoms. The van der Waals surface area contributed by atoms with E-state index in [1.807, 2.05) is 49.4 Å². The summed E-state index contributed by atoms with van der Waals surface area (Å²) in [7, 11) is -3.77. The predicted molar refractivity (Wildman–Crippen MR) is 127 cm³/mol. The largest absolute Gasteiger partial charge is 0.487 e. The lowest BCUT2D eigenvalue weighted by Crippen LogP contribution is -2.30. The van der Waals surface area contributed by atoms with Crippen molar-refractivity contribution in [3.8, 4) is 5.75 Å². The Balaban J connectivity index is 1.85. The van der Waals surface area contributed by atoms with Gasteiger partial charge in [0.05, 0.1) is 21.2 Å². The van der Waals surface area contributed by atoms with Crippen LogP contribution >= 0.6 is 11.6 Å². The molecule has 8 heteroatoms. The van der Waals surface area contributed by atoms with Gasteiger partial charge < -0.3 is 10.1 Å². The summed E-state index contributed by atoms with van der Waals surface area (Å²) in [5.74, 6) is -0.0337. The molecular formula is C24H25ClN2O4S. The molecule has 3 rings (SSSR count). The van der Waals surface area contributed by atoms with Crippen molar-refractivity contribution in [2.45, 2.75) is 38.3 Å². The number of aryl methyl sites for hydroxylation is 1. The van der Waals surface area contributed by atoms with E-state index in [2.05, 4.69) is 10.0 Å². The number of ether oxygens (including phenoxy) is 1. The normalized spacial score (nSPS) is 11.4. The zero-order valence-electron chi connectivity index (χ0n) is 18.1. The van der Waals surface area contributed by atoms with Gasteiger partial charge in [0.2, 0.25) is 10.0 Å². The molecule has 0 aliphatic carbocycles. The van der Waals surface area contributed by atoms with Crippen LogP contribution in [0.2, 0.25) is 5.02 Å². The van der Waals surface area contributed by atoms with Gasteiger partial charge in [-0.3, -0.25) is 4.79 Å². The van der Waals surface area contributed by atoms with Crippen molar-refractivity contribution in [1.82, 2.24) is 4.72 Å². The van der Waals surface area contributed by atoms with Gasteiger partial charge in [0.1, 0.15) is 12.4 Å². The van der Waals surface area contributed by atoms with E-state index >= 15 is 0 Å². The van der Waals surface area contributed by atoms with E-state index in [9.17, 15) is 13.2 Å². The number of carbonyl (C=O) groups excluding carboxylic acids is 1. The topological polar surface area (TPSA) is 84.5 Å². The van der Waals surface area contributed by atoms with Crippen LogP contribution in [0.1, 0.15) is 35.3 Å². The molecule has 6 nitrogen and oxygen atoms in total. The van der Waals surface area contributed by atoms with E-state index in [-0.39, 0.29) is 21.5 Å². The summed E-state index contributed by atoms with van der Waals surface area (Å²) in [6.07, 6.45) is 0. The number of sulfonamides is 1. The molecule has 3 aromatic rings. The number of amides is 1. The Morgan fingerprint density at radius 3 is 2.44 bits per heavy atom. The van der Waals surface area contributed by atoms with E-state index in [1.54, 1.807) is 19.9 Å². The minimum Gasteiger partial charge on any atom is -0.487 e. The highest BCUT2D eigenvalue weighted by Crippen LogP contribution is 2.29. The summed E-state index contributed by atoms with van der Waals surface area (Å²) in [6.45, 7) is 5.70. The summed E-state index contributed by atoms with van der Waals surface area (Å²) in [4.78, 5) is 12.9. The monoisotopic (exact) mass is 472 g/mol. The molecule has 0 atom stereocenters. The van der Waals surface area contributed by atoms with Crippen molar-refractivity contribution in [3.63, 3.8) is 0 Å². The van der Waals surface area contributed by atoms with E-state index in [0.29, 0.717) is 18.0 Å². The van der Waals surface area contributed by atoms with Crippen molar-refractivity contribution in [2.24, 2.45) is 0 Å². The first kappa shape index (κ1) is 23.8. The average molecular weight is 473 g/mol. The standard InChI is InChI=1S/C24H25ClN2O4S/c1-16(2)27-32(29,30)19-10-11-21(25)20(14-19)24(28)26-22-12-9-17(3)13-23(22)31-15-18-7-5-4-6-8-18/h4-14,16,27H,15H2,1-3H3,(H,26,28). The molecule has 0 unspecified atom stereocenters. The number of benzene rings is 3. The van der Waals surface area contributed by atoms with Crippen LogP contribution in [0.4, 0.5) is 5.69 Å². The van der Waals surface area contributed by atoms with E-state index in [1.165, 1.54) is 18.2 Å². The number of anilines is 1. The van der Waals surface area contributed by atoms with Crippen LogP contribution < -0.4 is 14.8 Å². The van der Waals surface area contributed by atoms with Crippen molar-refractivity contribution in [1.29, 1.82) is 0 Å². The van der Waals surface area contributed by atoms with Gasteiger partial charge in [0, 0.05) is 6.04 Å². The minimum absolute atomic E-state index is 0.0368. The number of hydrogen-bond acceptors (Lipinski definition) is 4. The molecule has 0 fully saturated rings. The quantitative estimate of drug-likeness (QED) is 0.474. The fraction of sp³-hybridized carbons (Fsp3) is 0.208. The first-order valence-corrected chi connectivity index (χ1v) is 11.9. The predicted octanol–water partition coefficient (Wildman–Crippen LogP) is 5.17. The highest BCUT2D eigenvalue weighted by Gasteiger charge is 2.20. The zero-order valence-corrected chi connectivity index (χ0v) is 19.6. The molecule has 0 aliphatic rings. The minimum atomic E-state index is -3.77. The highest BCUT2D eigenvalue weighted by atomic mass is 35.5. The Morgan fingerprint density at radius 2 is 1.75 bits per heavy atom. The van der Waals surface area contributed by atoms with Gasteiger partial charge in [-0.2, -0.15) is 0 Å². The van der Waals surface area contributed by atoms with E-state index in [0.717, 1.165) is 11.1 Å². The van der Waals surface area contributed by atoms with Gasteiger partial charge in [-0.25, -0.2) is 13.1 Å². The Kier molecular flexibility index (Phi) is 7.56. The third kappa shape index (κ3) is 6.09. The van der Waals surface area contributed by atoms with Crippen molar-refractivity contribution in [3.05, 3.63) is 88.4 Å². The first-order chi connectivity index (χ1) is 15.2. The number of nitrogens with one attached hydrogen (secondary N) is 2. The third-order valence-corrected chi connectivity index (χ3v) is 6.49. The molecule has 0 spiro atoms. The molecule has 0 heterocycles. The summed E-state index contributed by atoms with van der Waals surface area (Å²) >= 11 is 6.21. The zero-order chi connectivity index (χ0) is 23.3. The van der Waals surface area contributed by atoms with Gasteiger partial charge in [-0.1, -0.05) is 48.0 Å². The first-order valence-electron chi connectivity index (χ1n) is 10.1. The molecule has 0 radical (unpaired) electrons. The molecule has 1 amide bonds. The van der Waals surface area contributed by atoms with E-state index in [4.69, 9.17) is 16.3 Å². The van der Waals surface area contributed by atoms with E-state index < -0.39 is 15.9 Å². The number of carbonyl (C=O) groups is 1. The van der Waals surface area contributed by atoms with Crippen molar-refractivity contribution in [2.75, 3.05) is 5.32 Å². The van der Waals surface area contributed by atoms with Crippen molar-refractivity contribution >= 4 is 33.2 Å². The second-order valence-corrected chi connectivity index (χ2v) is 9.77. The van der Waals surface area contributed by atoms with Crippen LogP contribution in [-0.4, -0.2) is 20.4 Å². The molecule has 3 aromatic carbocycles. The molecule has 168 valence electrons.